The monoisotopic (exact) mass is 327 g/mol. The number of halogens is 1. The second-order valence-electron chi connectivity index (χ2n) is 3.39. The van der Waals surface area contributed by atoms with Gasteiger partial charge in [-0.15, -0.1) is 11.3 Å². The number of ether oxygens (including phenoxy) is 1. The lowest BCUT2D eigenvalue weighted by Crippen LogP contribution is -2.32. The van der Waals surface area contributed by atoms with E-state index in [9.17, 15) is 18.0 Å². The average Bonchev–Trinajstić information content (AvgIpc) is 2.70. The molecule has 0 atom stereocenters. The number of aliphatic carboxylic acids is 1. The van der Waals surface area contributed by atoms with Gasteiger partial charge in [0.05, 0.1) is 11.4 Å². The Kier molecular flexibility index (Phi) is 4.91. The summed E-state index contributed by atoms with van der Waals surface area (Å²) in [5.74, 6) is -2.16. The average molecular weight is 328 g/mol. The van der Waals surface area contributed by atoms with Gasteiger partial charge in [0.2, 0.25) is 10.0 Å². The summed E-state index contributed by atoms with van der Waals surface area (Å²) < 4.78 is 29.4. The zero-order chi connectivity index (χ0) is 14.8. The molecule has 0 aliphatic rings. The summed E-state index contributed by atoms with van der Waals surface area (Å²) in [6, 6.07) is 1.09. The van der Waals surface area contributed by atoms with Gasteiger partial charge in [-0.25, -0.2) is 13.2 Å². The quantitative estimate of drug-likeness (QED) is 0.806. The third-order valence-corrected chi connectivity index (χ3v) is 5.29. The van der Waals surface area contributed by atoms with Gasteiger partial charge in [-0.05, 0) is 6.07 Å². The summed E-state index contributed by atoms with van der Waals surface area (Å²) in [6.45, 7) is -0.726. The molecule has 0 radical (unpaired) electrons. The number of carboxylic acids is 1. The van der Waals surface area contributed by atoms with Crippen molar-refractivity contribution in [1.82, 2.24) is 4.31 Å². The molecule has 0 unspecified atom stereocenters. The van der Waals surface area contributed by atoms with Crippen LogP contribution in [0, 0.1) is 0 Å². The van der Waals surface area contributed by atoms with E-state index in [0.717, 1.165) is 31.6 Å². The van der Waals surface area contributed by atoms with Gasteiger partial charge in [-0.3, -0.25) is 4.79 Å². The minimum absolute atomic E-state index is 0.0858. The number of esters is 1. The Bertz CT molecular complexity index is 608. The Morgan fingerprint density at radius 2 is 2.11 bits per heavy atom. The molecule has 0 aliphatic heterocycles. The zero-order valence-corrected chi connectivity index (χ0v) is 12.3. The fraction of sp³-hybridized carbons (Fsp3) is 0.333. The van der Waals surface area contributed by atoms with Crippen molar-refractivity contribution < 1.29 is 27.9 Å². The lowest BCUT2D eigenvalue weighted by atomic mass is 10.5. The van der Waals surface area contributed by atoms with Crippen molar-refractivity contribution in [2.24, 2.45) is 0 Å². The standard InChI is InChI=1S/C9H10ClNO6S2/c1-11(4-7(12)13)19(15,16)5-3-6(10)18-8(5)9(14)17-2/h3H,4H2,1-2H3,(H,12,13). The van der Waals surface area contributed by atoms with Gasteiger partial charge in [0.1, 0.15) is 16.3 Å². The molecule has 0 aliphatic carbocycles. The van der Waals surface area contributed by atoms with E-state index in [4.69, 9.17) is 16.7 Å². The fourth-order valence-electron chi connectivity index (χ4n) is 1.22. The van der Waals surface area contributed by atoms with Crippen LogP contribution in [0.15, 0.2) is 11.0 Å². The number of nitrogens with zero attached hydrogens (tertiary/aromatic N) is 1. The Morgan fingerprint density at radius 3 is 2.58 bits per heavy atom. The van der Waals surface area contributed by atoms with E-state index in [1.807, 2.05) is 0 Å². The third-order valence-electron chi connectivity index (χ3n) is 2.08. The highest BCUT2D eigenvalue weighted by atomic mass is 35.5. The van der Waals surface area contributed by atoms with E-state index in [2.05, 4.69) is 4.74 Å². The second kappa shape index (κ2) is 5.87. The van der Waals surface area contributed by atoms with Crippen molar-refractivity contribution in [1.29, 1.82) is 0 Å². The largest absolute Gasteiger partial charge is 0.480 e. The van der Waals surface area contributed by atoms with Crippen LogP contribution < -0.4 is 0 Å². The van der Waals surface area contributed by atoms with Crippen molar-refractivity contribution in [3.8, 4) is 0 Å². The summed E-state index contributed by atoms with van der Waals surface area (Å²) in [7, 11) is -1.92. The molecule has 1 N–H and O–H groups in total. The van der Waals surface area contributed by atoms with Crippen LogP contribution in [0.3, 0.4) is 0 Å². The van der Waals surface area contributed by atoms with Crippen LogP contribution in [0.4, 0.5) is 0 Å². The van der Waals surface area contributed by atoms with Gasteiger partial charge in [-0.1, -0.05) is 11.6 Å². The summed E-state index contributed by atoms with van der Waals surface area (Å²) in [6.07, 6.45) is 0. The number of likely N-dealkylation sites (N-methyl/N-ethyl adjacent to an activating group) is 1. The SMILES string of the molecule is COC(=O)c1sc(Cl)cc1S(=O)(=O)N(C)CC(=O)O. The maximum atomic E-state index is 12.1. The molecule has 1 aromatic rings. The highest BCUT2D eigenvalue weighted by molar-refractivity contribution is 7.89. The predicted octanol–water partition coefficient (Wildman–Crippen LogP) is 0.893. The lowest BCUT2D eigenvalue weighted by Gasteiger charge is -2.14. The first-order chi connectivity index (χ1) is 8.70. The summed E-state index contributed by atoms with van der Waals surface area (Å²) in [4.78, 5) is 21.5. The number of thiophene rings is 1. The van der Waals surface area contributed by atoms with Crippen LogP contribution in [-0.2, 0) is 19.6 Å². The number of carbonyl (C=O) groups is 2. The van der Waals surface area contributed by atoms with Gasteiger partial charge in [0, 0.05) is 7.05 Å². The number of carbonyl (C=O) groups excluding carboxylic acids is 1. The molecule has 0 aromatic carbocycles. The van der Waals surface area contributed by atoms with Crippen molar-refractivity contribution in [2.75, 3.05) is 20.7 Å². The van der Waals surface area contributed by atoms with Crippen LogP contribution >= 0.6 is 22.9 Å². The minimum atomic E-state index is -4.12. The zero-order valence-electron chi connectivity index (χ0n) is 9.91. The van der Waals surface area contributed by atoms with E-state index in [1.165, 1.54) is 0 Å². The molecule has 0 fully saturated rings. The highest BCUT2D eigenvalue weighted by Crippen LogP contribution is 2.32. The Labute approximate surface area is 118 Å². The van der Waals surface area contributed by atoms with Gasteiger partial charge in [-0.2, -0.15) is 4.31 Å². The normalized spacial score (nSPS) is 11.6. The second-order valence-corrected chi connectivity index (χ2v) is 7.09. The molecule has 0 saturated carbocycles. The van der Waals surface area contributed by atoms with Crippen LogP contribution in [-0.4, -0.2) is 50.5 Å². The molecule has 1 rings (SSSR count). The molecule has 106 valence electrons. The maximum absolute atomic E-state index is 12.1. The number of sulfonamides is 1. The molecule has 0 saturated heterocycles. The number of rotatable bonds is 5. The summed E-state index contributed by atoms with van der Waals surface area (Å²) in [5.41, 5.74) is 0. The first kappa shape index (κ1) is 15.9. The summed E-state index contributed by atoms with van der Waals surface area (Å²) in [5, 5.41) is 8.60. The maximum Gasteiger partial charge on any atom is 0.349 e. The third kappa shape index (κ3) is 3.44. The first-order valence-corrected chi connectivity index (χ1v) is 7.39. The number of carboxylic acid groups (broad SMARTS) is 1. The smallest absolute Gasteiger partial charge is 0.349 e. The molecule has 19 heavy (non-hydrogen) atoms. The Hall–Kier alpha value is -1.16. The number of hydrogen-bond acceptors (Lipinski definition) is 6. The number of hydrogen-bond donors (Lipinski definition) is 1. The molecular formula is C9H10ClNO6S2. The number of methoxy groups -OCH3 is 1. The van der Waals surface area contributed by atoms with Crippen LogP contribution in [0.1, 0.15) is 9.67 Å². The molecule has 0 amide bonds. The Morgan fingerprint density at radius 1 is 1.53 bits per heavy atom. The van der Waals surface area contributed by atoms with E-state index >= 15 is 0 Å². The van der Waals surface area contributed by atoms with Crippen molar-refractivity contribution in [3.63, 3.8) is 0 Å². The van der Waals surface area contributed by atoms with Crippen molar-refractivity contribution in [3.05, 3.63) is 15.3 Å². The Balaban J connectivity index is 3.29. The predicted molar refractivity (Wildman–Crippen MR) is 68.1 cm³/mol. The molecule has 10 heteroatoms. The van der Waals surface area contributed by atoms with Gasteiger partial charge in [0.25, 0.3) is 0 Å². The lowest BCUT2D eigenvalue weighted by molar-refractivity contribution is -0.137. The molecule has 1 heterocycles. The van der Waals surface area contributed by atoms with Gasteiger partial charge >= 0.3 is 11.9 Å². The molecule has 0 spiro atoms. The fourth-order valence-corrected chi connectivity index (χ4v) is 4.04. The highest BCUT2D eigenvalue weighted by Gasteiger charge is 2.30. The van der Waals surface area contributed by atoms with Crippen molar-refractivity contribution in [2.45, 2.75) is 4.90 Å². The van der Waals surface area contributed by atoms with Gasteiger partial charge < -0.3 is 9.84 Å². The molecular weight excluding hydrogens is 318 g/mol. The van der Waals surface area contributed by atoms with Crippen LogP contribution in [0.2, 0.25) is 4.34 Å². The van der Waals surface area contributed by atoms with E-state index in [-0.39, 0.29) is 14.1 Å². The van der Waals surface area contributed by atoms with Gasteiger partial charge in [0.15, 0.2) is 0 Å². The van der Waals surface area contributed by atoms with E-state index < -0.39 is 28.5 Å². The molecule has 7 nitrogen and oxygen atoms in total. The van der Waals surface area contributed by atoms with Crippen molar-refractivity contribution >= 4 is 44.9 Å². The van der Waals surface area contributed by atoms with E-state index in [1.54, 1.807) is 0 Å². The van der Waals surface area contributed by atoms with Crippen LogP contribution in [0.25, 0.3) is 0 Å². The summed E-state index contributed by atoms with van der Waals surface area (Å²) >= 11 is 6.44. The van der Waals surface area contributed by atoms with Crippen LogP contribution in [0.5, 0.6) is 0 Å². The molecule has 1 aromatic heterocycles. The minimum Gasteiger partial charge on any atom is -0.480 e. The first-order valence-electron chi connectivity index (χ1n) is 4.76. The molecule has 0 bridgehead atoms. The van der Waals surface area contributed by atoms with E-state index in [0.29, 0.717) is 4.31 Å². The topological polar surface area (TPSA) is 101 Å².